The number of carbonyl (C=O) groups is 2. The highest BCUT2D eigenvalue weighted by Crippen LogP contribution is 2.24. The molecule has 1 N–H and O–H groups in total. The number of hydrogen-bond acceptors (Lipinski definition) is 3. The number of amides is 1. The molecule has 23 heavy (non-hydrogen) atoms. The number of carbonyl (C=O) groups excluding carboxylic acids is 2. The molecule has 1 amide bonds. The Morgan fingerprint density at radius 3 is 2.35 bits per heavy atom. The van der Waals surface area contributed by atoms with Crippen LogP contribution in [-0.4, -0.2) is 17.9 Å². The van der Waals surface area contributed by atoms with E-state index in [1.807, 2.05) is 54.8 Å². The van der Waals surface area contributed by atoms with Gasteiger partial charge in [0.25, 0.3) is 0 Å². The summed E-state index contributed by atoms with van der Waals surface area (Å²) in [5, 5.41) is 2.87. The molecule has 0 aliphatic heterocycles. The van der Waals surface area contributed by atoms with Crippen molar-refractivity contribution in [2.24, 2.45) is 0 Å². The third kappa shape index (κ3) is 4.96. The maximum Gasteiger partial charge on any atom is 0.224 e. The smallest absolute Gasteiger partial charge is 0.224 e. The fourth-order valence-corrected chi connectivity index (χ4v) is 2.81. The lowest BCUT2D eigenvalue weighted by Crippen LogP contribution is -2.14. The molecule has 2 aromatic rings. The minimum absolute atomic E-state index is 0.000884. The number of anilines is 1. The van der Waals surface area contributed by atoms with Gasteiger partial charge in [-0.25, -0.2) is 0 Å². The first-order chi connectivity index (χ1) is 11.1. The highest BCUT2D eigenvalue weighted by atomic mass is 32.2. The van der Waals surface area contributed by atoms with Crippen molar-refractivity contribution < 1.29 is 9.59 Å². The van der Waals surface area contributed by atoms with Gasteiger partial charge in [-0.3, -0.25) is 9.59 Å². The number of rotatable bonds is 7. The molecule has 0 atom stereocenters. The van der Waals surface area contributed by atoms with Crippen molar-refractivity contribution in [1.29, 1.82) is 0 Å². The van der Waals surface area contributed by atoms with Gasteiger partial charge in [0.05, 0.1) is 5.69 Å². The van der Waals surface area contributed by atoms with Gasteiger partial charge in [-0.1, -0.05) is 43.3 Å². The van der Waals surface area contributed by atoms with Gasteiger partial charge in [0.2, 0.25) is 5.91 Å². The van der Waals surface area contributed by atoms with E-state index >= 15 is 0 Å². The van der Waals surface area contributed by atoms with E-state index in [4.69, 9.17) is 0 Å². The minimum Gasteiger partial charge on any atom is -0.325 e. The van der Waals surface area contributed by atoms with Crippen molar-refractivity contribution in [2.75, 3.05) is 11.6 Å². The summed E-state index contributed by atoms with van der Waals surface area (Å²) in [7, 11) is 0. The largest absolute Gasteiger partial charge is 0.325 e. The third-order valence-corrected chi connectivity index (χ3v) is 4.44. The summed E-state index contributed by atoms with van der Waals surface area (Å²) >= 11 is 1.58. The Morgan fingerprint density at radius 2 is 1.70 bits per heavy atom. The lowest BCUT2D eigenvalue weighted by molar-refractivity contribution is -0.116. The van der Waals surface area contributed by atoms with E-state index in [0.29, 0.717) is 5.56 Å². The molecule has 0 aliphatic rings. The summed E-state index contributed by atoms with van der Waals surface area (Å²) in [6.45, 7) is 2.08. The number of hydrogen-bond donors (Lipinski definition) is 1. The number of aryl methyl sites for hydroxylation is 1. The van der Waals surface area contributed by atoms with E-state index < -0.39 is 0 Å². The molecule has 2 aromatic carbocycles. The second kappa shape index (κ2) is 8.53. The first-order valence-electron chi connectivity index (χ1n) is 7.69. The van der Waals surface area contributed by atoms with Crippen LogP contribution in [0.5, 0.6) is 0 Å². The molecule has 0 saturated heterocycles. The average Bonchev–Trinajstić information content (AvgIpc) is 2.60. The van der Waals surface area contributed by atoms with Gasteiger partial charge in [-0.2, -0.15) is 0 Å². The zero-order valence-electron chi connectivity index (χ0n) is 13.5. The zero-order chi connectivity index (χ0) is 16.7. The fraction of sp³-hybridized carbons (Fsp3) is 0.263. The highest BCUT2D eigenvalue weighted by molar-refractivity contribution is 7.98. The Bertz CT molecular complexity index is 680. The van der Waals surface area contributed by atoms with Crippen molar-refractivity contribution in [3.05, 3.63) is 59.7 Å². The topological polar surface area (TPSA) is 46.2 Å². The predicted molar refractivity (Wildman–Crippen MR) is 96.2 cm³/mol. The van der Waals surface area contributed by atoms with Gasteiger partial charge < -0.3 is 5.32 Å². The molecular formula is C19H21NO2S. The van der Waals surface area contributed by atoms with Gasteiger partial charge in [-0.15, -0.1) is 11.8 Å². The number of ketones is 1. The van der Waals surface area contributed by atoms with E-state index in [0.717, 1.165) is 17.0 Å². The predicted octanol–water partition coefficient (Wildman–Crippen LogP) is 4.57. The van der Waals surface area contributed by atoms with E-state index in [1.54, 1.807) is 11.8 Å². The number of thioether (sulfide) groups is 1. The lowest BCUT2D eigenvalue weighted by atomic mass is 10.0. The van der Waals surface area contributed by atoms with Crippen LogP contribution < -0.4 is 5.32 Å². The summed E-state index contributed by atoms with van der Waals surface area (Å²) in [5.41, 5.74) is 2.66. The minimum atomic E-state index is -0.134. The van der Waals surface area contributed by atoms with Crippen LogP contribution in [0.3, 0.4) is 0 Å². The van der Waals surface area contributed by atoms with Crippen LogP contribution in [0.2, 0.25) is 0 Å². The summed E-state index contributed by atoms with van der Waals surface area (Å²) in [6, 6.07) is 15.2. The molecule has 3 nitrogen and oxygen atoms in total. The first kappa shape index (κ1) is 17.3. The van der Waals surface area contributed by atoms with Crippen LogP contribution in [0.15, 0.2) is 53.4 Å². The lowest BCUT2D eigenvalue weighted by Gasteiger charge is -2.09. The standard InChI is InChI=1S/C19H21NO2S/c1-3-14-8-10-15(11-9-14)17(21)12-13-19(22)20-16-6-4-5-7-18(16)23-2/h4-11H,3,12-13H2,1-2H3,(H,20,22). The summed E-state index contributed by atoms with van der Waals surface area (Å²) in [6.07, 6.45) is 3.33. The van der Waals surface area contributed by atoms with E-state index in [9.17, 15) is 9.59 Å². The Balaban J connectivity index is 1.89. The quantitative estimate of drug-likeness (QED) is 0.598. The van der Waals surface area contributed by atoms with Crippen molar-refractivity contribution >= 4 is 29.1 Å². The second-order valence-corrected chi connectivity index (χ2v) is 6.07. The van der Waals surface area contributed by atoms with Crippen LogP contribution in [0.1, 0.15) is 35.7 Å². The number of nitrogens with one attached hydrogen (secondary N) is 1. The van der Waals surface area contributed by atoms with Gasteiger partial charge in [0.1, 0.15) is 0 Å². The molecule has 2 rings (SSSR count). The maximum absolute atomic E-state index is 12.1. The molecule has 0 saturated carbocycles. The number of para-hydroxylation sites is 1. The molecule has 0 spiro atoms. The molecular weight excluding hydrogens is 306 g/mol. The monoisotopic (exact) mass is 327 g/mol. The fourth-order valence-electron chi connectivity index (χ4n) is 2.26. The molecule has 0 radical (unpaired) electrons. The van der Waals surface area contributed by atoms with Crippen molar-refractivity contribution in [3.63, 3.8) is 0 Å². The van der Waals surface area contributed by atoms with Crippen molar-refractivity contribution in [3.8, 4) is 0 Å². The van der Waals surface area contributed by atoms with E-state index in [2.05, 4.69) is 12.2 Å². The Kier molecular flexibility index (Phi) is 6.41. The molecule has 0 fully saturated rings. The summed E-state index contributed by atoms with van der Waals surface area (Å²) < 4.78 is 0. The zero-order valence-corrected chi connectivity index (χ0v) is 14.3. The van der Waals surface area contributed by atoms with E-state index in [1.165, 1.54) is 5.56 Å². The third-order valence-electron chi connectivity index (χ3n) is 3.64. The molecule has 0 bridgehead atoms. The normalized spacial score (nSPS) is 10.3. The van der Waals surface area contributed by atoms with Crippen LogP contribution in [0.4, 0.5) is 5.69 Å². The van der Waals surface area contributed by atoms with Crippen LogP contribution >= 0.6 is 11.8 Å². The molecule has 0 aliphatic carbocycles. The van der Waals surface area contributed by atoms with Crippen LogP contribution in [0.25, 0.3) is 0 Å². The van der Waals surface area contributed by atoms with Crippen molar-refractivity contribution in [1.82, 2.24) is 0 Å². The molecule has 0 heterocycles. The SMILES string of the molecule is CCc1ccc(C(=O)CCC(=O)Nc2ccccc2SC)cc1. The first-order valence-corrected chi connectivity index (χ1v) is 8.91. The number of benzene rings is 2. The second-order valence-electron chi connectivity index (χ2n) is 5.22. The number of Topliss-reactive ketones (excluding diaryl/α,β-unsaturated/α-hetero) is 1. The highest BCUT2D eigenvalue weighted by Gasteiger charge is 2.11. The van der Waals surface area contributed by atoms with Gasteiger partial charge in [0.15, 0.2) is 5.78 Å². The Hall–Kier alpha value is -2.07. The van der Waals surface area contributed by atoms with Gasteiger partial charge >= 0.3 is 0 Å². The molecule has 0 aromatic heterocycles. The summed E-state index contributed by atoms with van der Waals surface area (Å²) in [5.74, 6) is -0.133. The summed E-state index contributed by atoms with van der Waals surface area (Å²) in [4.78, 5) is 25.2. The maximum atomic E-state index is 12.1. The Morgan fingerprint density at radius 1 is 1.00 bits per heavy atom. The molecule has 4 heteroatoms. The Labute approximate surface area is 141 Å². The molecule has 0 unspecified atom stereocenters. The van der Waals surface area contributed by atoms with Gasteiger partial charge in [0, 0.05) is 23.3 Å². The van der Waals surface area contributed by atoms with E-state index in [-0.39, 0.29) is 24.5 Å². The van der Waals surface area contributed by atoms with Gasteiger partial charge in [-0.05, 0) is 30.4 Å². The average molecular weight is 327 g/mol. The molecule has 120 valence electrons. The van der Waals surface area contributed by atoms with Crippen LogP contribution in [0, 0.1) is 0 Å². The van der Waals surface area contributed by atoms with Crippen LogP contribution in [-0.2, 0) is 11.2 Å². The van der Waals surface area contributed by atoms with Crippen molar-refractivity contribution in [2.45, 2.75) is 31.1 Å².